The zero-order valence-electron chi connectivity index (χ0n) is 18.9. The number of hydrogen-bond acceptors (Lipinski definition) is 9. The maximum atomic E-state index is 13.4. The Morgan fingerprint density at radius 3 is 2.80 bits per heavy atom. The number of halogens is 1. The number of nitrogen functional groups attached to an aromatic ring is 1. The number of aromatic amines is 1. The number of H-pyrrole nitrogens is 1. The van der Waals surface area contributed by atoms with E-state index in [1.165, 1.54) is 31.5 Å². The first-order chi connectivity index (χ1) is 16.9. The number of ether oxygens (including phenoxy) is 1. The summed E-state index contributed by atoms with van der Waals surface area (Å²) >= 11 is 0. The lowest BCUT2D eigenvalue weighted by Crippen LogP contribution is -2.44. The van der Waals surface area contributed by atoms with Crippen LogP contribution in [0.1, 0.15) is 11.7 Å². The quantitative estimate of drug-likeness (QED) is 0.264. The van der Waals surface area contributed by atoms with Crippen molar-refractivity contribution in [1.29, 1.82) is 0 Å². The van der Waals surface area contributed by atoms with Gasteiger partial charge < -0.3 is 36.5 Å². The van der Waals surface area contributed by atoms with Crippen molar-refractivity contribution in [1.82, 2.24) is 30.9 Å². The third-order valence-electron chi connectivity index (χ3n) is 5.12. The van der Waals surface area contributed by atoms with E-state index in [1.807, 2.05) is 6.08 Å². The number of hydrogen-bond donors (Lipinski definition) is 6. The Balaban J connectivity index is 1.56. The molecule has 0 radical (unpaired) electrons. The Bertz CT molecular complexity index is 1260. The smallest absolute Gasteiger partial charge is 0.246 e. The number of guanidine groups is 1. The fourth-order valence-electron chi connectivity index (χ4n) is 3.43. The molecule has 0 saturated heterocycles. The zero-order chi connectivity index (χ0) is 24.8. The van der Waals surface area contributed by atoms with Crippen molar-refractivity contribution >= 4 is 17.7 Å². The van der Waals surface area contributed by atoms with Gasteiger partial charge in [0.15, 0.2) is 17.5 Å². The van der Waals surface area contributed by atoms with Gasteiger partial charge in [0, 0.05) is 43.7 Å². The molecule has 4 rings (SSSR count). The first-order valence-electron chi connectivity index (χ1n) is 10.8. The molecule has 0 fully saturated rings. The zero-order valence-corrected chi connectivity index (χ0v) is 18.9. The number of methoxy groups -OCH3 is 1. The molecule has 1 atom stereocenters. The van der Waals surface area contributed by atoms with E-state index in [0.29, 0.717) is 47.4 Å². The van der Waals surface area contributed by atoms with Crippen LogP contribution in [-0.2, 0) is 9.53 Å². The van der Waals surface area contributed by atoms with Gasteiger partial charge >= 0.3 is 0 Å². The van der Waals surface area contributed by atoms with Gasteiger partial charge in [-0.15, -0.1) is 0 Å². The van der Waals surface area contributed by atoms with Crippen LogP contribution in [0.25, 0.3) is 22.6 Å². The average molecular weight is 481 g/mol. The number of rotatable bonds is 8. The first-order valence-corrected chi connectivity index (χ1v) is 10.8. The summed E-state index contributed by atoms with van der Waals surface area (Å²) in [4.78, 5) is 27.8. The van der Waals surface area contributed by atoms with Crippen LogP contribution >= 0.6 is 0 Å². The van der Waals surface area contributed by atoms with Gasteiger partial charge in [0.05, 0.1) is 17.4 Å². The number of aromatic hydroxyl groups is 1. The van der Waals surface area contributed by atoms with E-state index in [0.717, 1.165) is 0 Å². The monoisotopic (exact) mass is 480 g/mol. The van der Waals surface area contributed by atoms with Gasteiger partial charge in [0.2, 0.25) is 5.91 Å². The van der Waals surface area contributed by atoms with Gasteiger partial charge in [-0.3, -0.25) is 4.79 Å². The number of nitrogens with two attached hydrogens (primary N) is 1. The summed E-state index contributed by atoms with van der Waals surface area (Å²) in [5, 5.41) is 19.2. The van der Waals surface area contributed by atoms with Crippen LogP contribution < -0.4 is 21.7 Å². The van der Waals surface area contributed by atoms with Crippen LogP contribution in [0.15, 0.2) is 53.8 Å². The molecule has 0 bridgehead atoms. The van der Waals surface area contributed by atoms with Gasteiger partial charge in [-0.25, -0.2) is 19.4 Å². The molecule has 1 unspecified atom stereocenters. The summed E-state index contributed by atoms with van der Waals surface area (Å²) in [6.07, 6.45) is 5.00. The number of imidazole rings is 1. The number of carbonyl (C=O) groups excluding carboxylic acids is 1. The molecule has 11 nitrogen and oxygen atoms in total. The highest BCUT2D eigenvalue weighted by atomic mass is 19.1. The van der Waals surface area contributed by atoms with E-state index in [4.69, 9.17) is 15.5 Å². The number of benzene rings is 1. The van der Waals surface area contributed by atoms with Crippen molar-refractivity contribution in [2.75, 3.05) is 32.5 Å². The minimum Gasteiger partial charge on any atom is -0.504 e. The lowest BCUT2D eigenvalue weighted by atomic mass is 10.1. The highest BCUT2D eigenvalue weighted by Crippen LogP contribution is 2.33. The molecule has 1 aromatic carbocycles. The van der Waals surface area contributed by atoms with Gasteiger partial charge in [-0.1, -0.05) is 0 Å². The SMILES string of the molecule is COCC(=O)NCCNC1=NC=CC(c2nc(-c3ccc(F)cc3)[nH]c2-c2cnc(N)c(O)c2)N1. The fourth-order valence-corrected chi connectivity index (χ4v) is 3.43. The van der Waals surface area contributed by atoms with Crippen LogP contribution in [0.3, 0.4) is 0 Å². The summed E-state index contributed by atoms with van der Waals surface area (Å²) in [7, 11) is 1.46. The fraction of sp³-hybridized carbons (Fsp3) is 0.217. The van der Waals surface area contributed by atoms with E-state index >= 15 is 0 Å². The number of anilines is 1. The Morgan fingerprint density at radius 2 is 2.06 bits per heavy atom. The van der Waals surface area contributed by atoms with Gasteiger partial charge in [0.1, 0.15) is 18.2 Å². The predicted molar refractivity (Wildman–Crippen MR) is 129 cm³/mol. The molecule has 35 heavy (non-hydrogen) atoms. The van der Waals surface area contributed by atoms with E-state index in [2.05, 4.69) is 30.9 Å². The molecule has 3 heterocycles. The summed E-state index contributed by atoms with van der Waals surface area (Å²) in [6.45, 7) is 0.819. The molecule has 7 N–H and O–H groups in total. The van der Waals surface area contributed by atoms with E-state index in [1.54, 1.807) is 18.3 Å². The summed E-state index contributed by atoms with van der Waals surface area (Å²) in [5.41, 5.74) is 8.13. The molecule has 1 aliphatic heterocycles. The summed E-state index contributed by atoms with van der Waals surface area (Å²) in [5.74, 6) is 0.308. The molecule has 1 aliphatic rings. The van der Waals surface area contributed by atoms with Crippen molar-refractivity contribution in [3.05, 3.63) is 60.3 Å². The standard InChI is InChI=1S/C23H25FN8O3/c1-35-12-18(34)26-8-9-28-23-27-7-6-16(30-23)20-19(14-10-17(33)21(25)29-11-14)31-22(32-20)13-2-4-15(24)5-3-13/h2-7,10-11,16,33H,8-9,12H2,1H3,(H2,25,29)(H,26,34)(H,31,32)(H2,27,28,30). The number of nitrogens with one attached hydrogen (secondary N) is 4. The van der Waals surface area contributed by atoms with Gasteiger partial charge in [-0.05, 0) is 36.4 Å². The van der Waals surface area contributed by atoms with Crippen LogP contribution in [0.5, 0.6) is 5.75 Å². The Hall–Kier alpha value is -4.45. The average Bonchev–Trinajstić information content (AvgIpc) is 3.30. The molecule has 0 spiro atoms. The van der Waals surface area contributed by atoms with Crippen LogP contribution in [0.4, 0.5) is 10.2 Å². The topological polar surface area (TPSA) is 163 Å². The highest BCUT2D eigenvalue weighted by Gasteiger charge is 2.23. The Labute approximate surface area is 200 Å². The largest absolute Gasteiger partial charge is 0.504 e. The molecule has 0 saturated carbocycles. The number of amides is 1. The Morgan fingerprint density at radius 1 is 1.26 bits per heavy atom. The first kappa shape index (κ1) is 23.7. The highest BCUT2D eigenvalue weighted by molar-refractivity contribution is 5.83. The number of aliphatic imine (C=N–C) groups is 1. The van der Waals surface area contributed by atoms with E-state index < -0.39 is 6.04 Å². The van der Waals surface area contributed by atoms with Gasteiger partial charge in [-0.2, -0.15) is 0 Å². The Kier molecular flexibility index (Phi) is 7.21. The lowest BCUT2D eigenvalue weighted by Gasteiger charge is -2.21. The van der Waals surface area contributed by atoms with Crippen LogP contribution in [0.2, 0.25) is 0 Å². The molecule has 182 valence electrons. The van der Waals surface area contributed by atoms with E-state index in [9.17, 15) is 14.3 Å². The van der Waals surface area contributed by atoms with Crippen LogP contribution in [0, 0.1) is 5.82 Å². The number of carbonyl (C=O) groups is 1. The normalized spacial score (nSPS) is 14.8. The molecule has 3 aromatic rings. The number of pyridine rings is 1. The van der Waals surface area contributed by atoms with Crippen molar-refractivity contribution in [2.45, 2.75) is 6.04 Å². The van der Waals surface area contributed by atoms with Crippen molar-refractivity contribution in [2.24, 2.45) is 4.99 Å². The van der Waals surface area contributed by atoms with E-state index in [-0.39, 0.29) is 29.9 Å². The lowest BCUT2D eigenvalue weighted by molar-refractivity contribution is -0.124. The minimum absolute atomic E-state index is 0.00210. The molecular formula is C23H25FN8O3. The number of aromatic nitrogens is 3. The second-order valence-electron chi connectivity index (χ2n) is 7.63. The molecular weight excluding hydrogens is 455 g/mol. The van der Waals surface area contributed by atoms with Crippen LogP contribution in [-0.4, -0.2) is 58.7 Å². The molecule has 1 amide bonds. The summed E-state index contributed by atoms with van der Waals surface area (Å²) < 4.78 is 18.2. The molecule has 12 heteroatoms. The predicted octanol–water partition coefficient (Wildman–Crippen LogP) is 1.43. The van der Waals surface area contributed by atoms with Crippen molar-refractivity contribution in [3.8, 4) is 28.4 Å². The third kappa shape index (κ3) is 5.73. The maximum Gasteiger partial charge on any atom is 0.246 e. The maximum absolute atomic E-state index is 13.4. The second kappa shape index (κ2) is 10.7. The minimum atomic E-state index is -0.391. The van der Waals surface area contributed by atoms with Crippen molar-refractivity contribution in [3.63, 3.8) is 0 Å². The molecule has 2 aromatic heterocycles. The second-order valence-corrected chi connectivity index (χ2v) is 7.63. The molecule has 0 aliphatic carbocycles. The third-order valence-corrected chi connectivity index (χ3v) is 5.12. The number of nitrogens with zero attached hydrogens (tertiary/aromatic N) is 3. The summed E-state index contributed by atoms with van der Waals surface area (Å²) in [6, 6.07) is 7.06. The van der Waals surface area contributed by atoms with Crippen molar-refractivity contribution < 1.29 is 19.0 Å². The van der Waals surface area contributed by atoms with Gasteiger partial charge in [0.25, 0.3) is 0 Å².